The van der Waals surface area contributed by atoms with E-state index in [0.29, 0.717) is 6.04 Å². The summed E-state index contributed by atoms with van der Waals surface area (Å²) in [4.78, 5) is 17.6. The molecule has 0 saturated carbocycles. The van der Waals surface area contributed by atoms with Gasteiger partial charge in [0.1, 0.15) is 5.76 Å². The molecule has 6 heteroatoms. The zero-order chi connectivity index (χ0) is 20.1. The lowest BCUT2D eigenvalue weighted by Crippen LogP contribution is -2.47. The zero-order valence-corrected chi connectivity index (χ0v) is 17.6. The lowest BCUT2D eigenvalue weighted by atomic mass is 9.94. The van der Waals surface area contributed by atoms with Crippen LogP contribution in [0.15, 0.2) is 47.1 Å². The monoisotopic (exact) mass is 415 g/mol. The lowest BCUT2D eigenvalue weighted by Gasteiger charge is -2.35. The number of carbonyl (C=O) groups excluding carboxylic acids is 1. The van der Waals surface area contributed by atoms with Gasteiger partial charge in [-0.1, -0.05) is 23.7 Å². The maximum atomic E-state index is 12.7. The second-order valence-electron chi connectivity index (χ2n) is 8.32. The Bertz CT molecular complexity index is 762. The van der Waals surface area contributed by atoms with Crippen molar-refractivity contribution in [2.24, 2.45) is 5.92 Å². The molecule has 5 nitrogen and oxygen atoms in total. The van der Waals surface area contributed by atoms with Gasteiger partial charge in [0.05, 0.1) is 12.8 Å². The van der Waals surface area contributed by atoms with Crippen LogP contribution in [0.25, 0.3) is 0 Å². The first-order valence-corrected chi connectivity index (χ1v) is 11.1. The number of benzene rings is 1. The number of piperidine rings is 2. The highest BCUT2D eigenvalue weighted by Crippen LogP contribution is 2.21. The third-order valence-corrected chi connectivity index (χ3v) is 6.42. The molecular formula is C23H30ClN3O2. The van der Waals surface area contributed by atoms with Crippen LogP contribution >= 0.6 is 11.6 Å². The number of furan rings is 1. The lowest BCUT2D eigenvalue weighted by molar-refractivity contribution is -0.127. The Labute approximate surface area is 178 Å². The zero-order valence-electron chi connectivity index (χ0n) is 16.9. The fourth-order valence-corrected chi connectivity index (χ4v) is 4.50. The van der Waals surface area contributed by atoms with E-state index in [0.717, 1.165) is 75.7 Å². The summed E-state index contributed by atoms with van der Waals surface area (Å²) < 4.78 is 5.43. The summed E-state index contributed by atoms with van der Waals surface area (Å²) in [6, 6.07) is 12.3. The van der Waals surface area contributed by atoms with E-state index in [-0.39, 0.29) is 11.8 Å². The summed E-state index contributed by atoms with van der Waals surface area (Å²) in [5.74, 6) is 1.40. The molecule has 2 aliphatic heterocycles. The van der Waals surface area contributed by atoms with E-state index in [2.05, 4.69) is 27.2 Å². The molecule has 1 amide bonds. The van der Waals surface area contributed by atoms with Gasteiger partial charge in [-0.3, -0.25) is 14.6 Å². The van der Waals surface area contributed by atoms with Crippen molar-refractivity contribution in [3.05, 3.63) is 59.0 Å². The molecule has 1 N–H and O–H groups in total. The van der Waals surface area contributed by atoms with E-state index in [4.69, 9.17) is 16.0 Å². The number of hydrogen-bond donors (Lipinski definition) is 1. The average molecular weight is 416 g/mol. The van der Waals surface area contributed by atoms with Crippen LogP contribution in [0.5, 0.6) is 0 Å². The minimum atomic E-state index is 0.148. The Morgan fingerprint density at radius 2 is 1.62 bits per heavy atom. The van der Waals surface area contributed by atoms with Crippen LogP contribution in [-0.4, -0.2) is 47.9 Å². The Hall–Kier alpha value is -1.82. The summed E-state index contributed by atoms with van der Waals surface area (Å²) in [6.07, 6.45) is 5.63. The number of likely N-dealkylation sites (tertiary alicyclic amines) is 2. The molecule has 0 bridgehead atoms. The van der Waals surface area contributed by atoms with E-state index in [1.54, 1.807) is 6.26 Å². The van der Waals surface area contributed by atoms with Gasteiger partial charge in [0.15, 0.2) is 0 Å². The van der Waals surface area contributed by atoms with Crippen LogP contribution in [-0.2, 0) is 17.9 Å². The molecule has 0 aliphatic carbocycles. The van der Waals surface area contributed by atoms with E-state index in [1.165, 1.54) is 5.56 Å². The molecule has 2 saturated heterocycles. The summed E-state index contributed by atoms with van der Waals surface area (Å²) >= 11 is 5.96. The molecule has 4 rings (SSSR count). The molecule has 1 aromatic carbocycles. The van der Waals surface area contributed by atoms with Crippen LogP contribution in [0, 0.1) is 5.92 Å². The topological polar surface area (TPSA) is 48.7 Å². The Morgan fingerprint density at radius 1 is 0.966 bits per heavy atom. The highest BCUT2D eigenvalue weighted by molar-refractivity contribution is 6.30. The van der Waals surface area contributed by atoms with Crippen molar-refractivity contribution in [2.45, 2.75) is 44.8 Å². The van der Waals surface area contributed by atoms with Gasteiger partial charge >= 0.3 is 0 Å². The normalized spacial score (nSPS) is 20.0. The van der Waals surface area contributed by atoms with Crippen molar-refractivity contribution in [1.82, 2.24) is 15.1 Å². The molecular weight excluding hydrogens is 386 g/mol. The van der Waals surface area contributed by atoms with Crippen LogP contribution in [0.4, 0.5) is 0 Å². The molecule has 2 aromatic rings. The summed E-state index contributed by atoms with van der Waals surface area (Å²) in [7, 11) is 0. The Balaban J connectivity index is 1.16. The van der Waals surface area contributed by atoms with Crippen LogP contribution < -0.4 is 5.32 Å². The molecule has 0 atom stereocenters. The average Bonchev–Trinajstić information content (AvgIpc) is 3.25. The molecule has 29 heavy (non-hydrogen) atoms. The van der Waals surface area contributed by atoms with Crippen LogP contribution in [0.2, 0.25) is 5.02 Å². The number of carbonyl (C=O) groups is 1. The largest absolute Gasteiger partial charge is 0.468 e. The van der Waals surface area contributed by atoms with Crippen molar-refractivity contribution in [2.75, 3.05) is 26.2 Å². The highest BCUT2D eigenvalue weighted by atomic mass is 35.5. The second-order valence-corrected chi connectivity index (χ2v) is 8.75. The van der Waals surface area contributed by atoms with Gasteiger partial charge in [-0.2, -0.15) is 0 Å². The molecule has 0 radical (unpaired) electrons. The minimum absolute atomic E-state index is 0.148. The third-order valence-electron chi connectivity index (χ3n) is 6.17. The smallest absolute Gasteiger partial charge is 0.223 e. The predicted octanol–water partition coefficient (Wildman–Crippen LogP) is 3.93. The molecule has 3 heterocycles. The summed E-state index contributed by atoms with van der Waals surface area (Å²) in [5.41, 5.74) is 1.29. The van der Waals surface area contributed by atoms with Gasteiger partial charge in [0, 0.05) is 36.6 Å². The number of rotatable bonds is 6. The van der Waals surface area contributed by atoms with Gasteiger partial charge in [-0.25, -0.2) is 0 Å². The number of halogens is 1. The minimum Gasteiger partial charge on any atom is -0.468 e. The van der Waals surface area contributed by atoms with Crippen LogP contribution in [0.3, 0.4) is 0 Å². The molecule has 156 valence electrons. The Morgan fingerprint density at radius 3 is 2.28 bits per heavy atom. The fraction of sp³-hybridized carbons (Fsp3) is 0.522. The van der Waals surface area contributed by atoms with Gasteiger partial charge in [0.25, 0.3) is 0 Å². The first-order chi connectivity index (χ1) is 14.2. The predicted molar refractivity (Wildman–Crippen MR) is 115 cm³/mol. The first kappa shape index (κ1) is 20.5. The van der Waals surface area contributed by atoms with Gasteiger partial charge in [0.2, 0.25) is 5.91 Å². The number of amides is 1. The van der Waals surface area contributed by atoms with E-state index >= 15 is 0 Å². The van der Waals surface area contributed by atoms with E-state index < -0.39 is 0 Å². The van der Waals surface area contributed by atoms with Crippen molar-refractivity contribution in [1.29, 1.82) is 0 Å². The SMILES string of the molecule is O=C(NC1CCN(Cc2ccc(Cl)cc2)CC1)C1CCN(Cc2ccco2)CC1. The van der Waals surface area contributed by atoms with Crippen molar-refractivity contribution in [3.63, 3.8) is 0 Å². The second kappa shape index (κ2) is 9.79. The van der Waals surface area contributed by atoms with Gasteiger partial charge < -0.3 is 9.73 Å². The van der Waals surface area contributed by atoms with Crippen LogP contribution in [0.1, 0.15) is 37.0 Å². The number of nitrogens with zero attached hydrogens (tertiary/aromatic N) is 2. The molecule has 0 spiro atoms. The molecule has 1 aromatic heterocycles. The molecule has 2 fully saturated rings. The van der Waals surface area contributed by atoms with E-state index in [9.17, 15) is 4.79 Å². The van der Waals surface area contributed by atoms with Crippen molar-refractivity contribution < 1.29 is 9.21 Å². The number of nitrogens with one attached hydrogen (secondary N) is 1. The first-order valence-electron chi connectivity index (χ1n) is 10.7. The van der Waals surface area contributed by atoms with Crippen molar-refractivity contribution >= 4 is 17.5 Å². The third kappa shape index (κ3) is 5.84. The maximum absolute atomic E-state index is 12.7. The Kier molecular flexibility index (Phi) is 6.90. The maximum Gasteiger partial charge on any atom is 0.223 e. The fourth-order valence-electron chi connectivity index (χ4n) is 4.38. The van der Waals surface area contributed by atoms with Gasteiger partial charge in [-0.15, -0.1) is 0 Å². The van der Waals surface area contributed by atoms with E-state index in [1.807, 2.05) is 24.3 Å². The quantitative estimate of drug-likeness (QED) is 0.776. The van der Waals surface area contributed by atoms with Gasteiger partial charge in [-0.05, 0) is 68.6 Å². The summed E-state index contributed by atoms with van der Waals surface area (Å²) in [5, 5.41) is 4.10. The molecule has 0 unspecified atom stereocenters. The molecule has 2 aliphatic rings. The standard InChI is InChI=1S/C23H30ClN3O2/c24-20-5-3-18(4-6-20)16-26-13-9-21(10-14-26)25-23(28)19-7-11-27(12-8-19)17-22-2-1-15-29-22/h1-6,15,19,21H,7-14,16-17H2,(H,25,28). The number of hydrogen-bond acceptors (Lipinski definition) is 4. The highest BCUT2D eigenvalue weighted by Gasteiger charge is 2.28. The summed E-state index contributed by atoms with van der Waals surface area (Å²) in [6.45, 7) is 5.75. The van der Waals surface area contributed by atoms with Crippen molar-refractivity contribution in [3.8, 4) is 0 Å².